The molecule has 0 spiro atoms. The van der Waals surface area contributed by atoms with Crippen LogP contribution in [0, 0.1) is 0 Å². The van der Waals surface area contributed by atoms with Gasteiger partial charge in [0.25, 0.3) is 0 Å². The normalized spacial score (nSPS) is 9.63. The van der Waals surface area contributed by atoms with Gasteiger partial charge in [-0.2, -0.15) is 16.8 Å². The molecule has 0 radical (unpaired) electrons. The van der Waals surface area contributed by atoms with Gasteiger partial charge >= 0.3 is 20.8 Å². The fourth-order valence-corrected chi connectivity index (χ4v) is 0.907. The SMILES string of the molecule is C=CCOCC=C.C=CCOc1ccccc1.O=S(=O)(O)O.O=S(=O)(O)O. The molecule has 0 bridgehead atoms. The molecule has 0 atom stereocenters. The predicted octanol–water partition coefficient (Wildman–Crippen LogP) is 2.32. The van der Waals surface area contributed by atoms with E-state index in [0.717, 1.165) is 5.75 Å². The second-order valence-corrected chi connectivity index (χ2v) is 5.71. The molecule has 0 saturated heterocycles. The first-order valence-corrected chi connectivity index (χ1v) is 9.62. The van der Waals surface area contributed by atoms with Gasteiger partial charge in [0.15, 0.2) is 0 Å². The quantitative estimate of drug-likeness (QED) is 0.287. The smallest absolute Gasteiger partial charge is 0.394 e. The maximum Gasteiger partial charge on any atom is 0.394 e. The summed E-state index contributed by atoms with van der Waals surface area (Å²) in [5, 5.41) is 0. The first-order chi connectivity index (χ1) is 12.3. The molecule has 1 aromatic carbocycles. The second-order valence-electron chi connectivity index (χ2n) is 3.92. The van der Waals surface area contributed by atoms with Crippen molar-refractivity contribution in [2.24, 2.45) is 0 Å². The van der Waals surface area contributed by atoms with Crippen LogP contribution in [0.1, 0.15) is 0 Å². The van der Waals surface area contributed by atoms with Gasteiger partial charge in [0, 0.05) is 0 Å². The highest BCUT2D eigenvalue weighted by Gasteiger charge is 1.85. The van der Waals surface area contributed by atoms with Gasteiger partial charge in [-0.05, 0) is 12.1 Å². The van der Waals surface area contributed by atoms with Crippen LogP contribution >= 0.6 is 0 Å². The number of hydrogen-bond acceptors (Lipinski definition) is 6. The van der Waals surface area contributed by atoms with Crippen LogP contribution in [0.2, 0.25) is 0 Å². The zero-order valence-electron chi connectivity index (χ0n) is 14.4. The van der Waals surface area contributed by atoms with E-state index in [2.05, 4.69) is 19.7 Å². The van der Waals surface area contributed by atoms with Crippen molar-refractivity contribution >= 4 is 20.8 Å². The van der Waals surface area contributed by atoms with E-state index in [1.165, 1.54) is 0 Å². The fourth-order valence-electron chi connectivity index (χ4n) is 0.907. The molecule has 0 unspecified atom stereocenters. The largest absolute Gasteiger partial charge is 0.490 e. The van der Waals surface area contributed by atoms with E-state index < -0.39 is 20.8 Å². The molecule has 0 aromatic heterocycles. The first-order valence-electron chi connectivity index (χ1n) is 6.83. The molecule has 156 valence electrons. The van der Waals surface area contributed by atoms with E-state index in [0.29, 0.717) is 19.8 Å². The second kappa shape index (κ2) is 18.7. The third-order valence-electron chi connectivity index (χ3n) is 1.58. The summed E-state index contributed by atoms with van der Waals surface area (Å²) in [5.41, 5.74) is 0. The summed E-state index contributed by atoms with van der Waals surface area (Å²) in [5.74, 6) is 0.891. The van der Waals surface area contributed by atoms with Crippen LogP contribution < -0.4 is 4.74 Å². The minimum atomic E-state index is -4.67. The molecular formula is C15H24O10S2. The zero-order valence-corrected chi connectivity index (χ0v) is 16.0. The number of benzene rings is 1. The van der Waals surface area contributed by atoms with Crippen molar-refractivity contribution < 1.29 is 44.5 Å². The van der Waals surface area contributed by atoms with E-state index in [4.69, 9.17) is 44.5 Å². The monoisotopic (exact) mass is 428 g/mol. The Hall–Kier alpha value is -2.06. The molecule has 0 amide bonds. The average molecular weight is 428 g/mol. The van der Waals surface area contributed by atoms with Crippen molar-refractivity contribution in [3.63, 3.8) is 0 Å². The molecule has 0 aliphatic carbocycles. The minimum Gasteiger partial charge on any atom is -0.490 e. The van der Waals surface area contributed by atoms with E-state index in [1.807, 2.05) is 30.3 Å². The fraction of sp³-hybridized carbons (Fsp3) is 0.200. The maximum absolute atomic E-state index is 8.74. The van der Waals surface area contributed by atoms with Crippen LogP contribution in [-0.4, -0.2) is 54.9 Å². The lowest BCUT2D eigenvalue weighted by molar-refractivity contribution is 0.194. The maximum atomic E-state index is 8.74. The van der Waals surface area contributed by atoms with Crippen LogP contribution in [-0.2, 0) is 25.5 Å². The Morgan fingerprint density at radius 3 is 1.37 bits per heavy atom. The molecule has 10 nitrogen and oxygen atoms in total. The molecule has 4 N–H and O–H groups in total. The van der Waals surface area contributed by atoms with E-state index >= 15 is 0 Å². The standard InChI is InChI=1S/C9H10O.C6H10O.2H2O4S/c1-2-8-10-9-6-4-3-5-7-9;1-3-5-7-6-4-2;2*1-5(2,3)4/h2-7H,1,8H2;3-4H,1-2,5-6H2;2*(H2,1,2,3,4). The van der Waals surface area contributed by atoms with Gasteiger partial charge in [0.1, 0.15) is 12.4 Å². The van der Waals surface area contributed by atoms with Gasteiger partial charge in [0.05, 0.1) is 13.2 Å². The van der Waals surface area contributed by atoms with Crippen LogP contribution in [0.3, 0.4) is 0 Å². The molecule has 0 fully saturated rings. The Balaban J connectivity index is -0.000000300. The molecule has 27 heavy (non-hydrogen) atoms. The average Bonchev–Trinajstić information content (AvgIpc) is 2.52. The van der Waals surface area contributed by atoms with Gasteiger partial charge in [0.2, 0.25) is 0 Å². The van der Waals surface area contributed by atoms with Crippen molar-refractivity contribution in [3.05, 3.63) is 68.3 Å². The van der Waals surface area contributed by atoms with Crippen LogP contribution in [0.25, 0.3) is 0 Å². The van der Waals surface area contributed by atoms with Crippen molar-refractivity contribution in [1.82, 2.24) is 0 Å². The first kappa shape index (κ1) is 29.7. The molecule has 1 rings (SSSR count). The summed E-state index contributed by atoms with van der Waals surface area (Å²) in [6, 6.07) is 9.69. The highest BCUT2D eigenvalue weighted by Crippen LogP contribution is 2.07. The van der Waals surface area contributed by atoms with Crippen molar-refractivity contribution in [2.75, 3.05) is 19.8 Å². The summed E-state index contributed by atoms with van der Waals surface area (Å²) in [4.78, 5) is 0. The summed E-state index contributed by atoms with van der Waals surface area (Å²) < 4.78 is 73.3. The van der Waals surface area contributed by atoms with Gasteiger partial charge in [-0.15, -0.1) is 13.2 Å². The van der Waals surface area contributed by atoms with E-state index in [-0.39, 0.29) is 0 Å². The zero-order chi connectivity index (χ0) is 21.8. The third kappa shape index (κ3) is 59.3. The summed E-state index contributed by atoms with van der Waals surface area (Å²) in [6.07, 6.45) is 5.15. The molecule has 0 aliphatic heterocycles. The van der Waals surface area contributed by atoms with Gasteiger partial charge in [-0.1, -0.05) is 43.0 Å². The Labute approximate surface area is 159 Å². The Bertz CT molecular complexity index is 643. The van der Waals surface area contributed by atoms with Crippen molar-refractivity contribution in [1.29, 1.82) is 0 Å². The molecule has 12 heteroatoms. The Morgan fingerprint density at radius 1 is 0.741 bits per heavy atom. The lowest BCUT2D eigenvalue weighted by Crippen LogP contribution is -1.91. The highest BCUT2D eigenvalue weighted by atomic mass is 32.3. The topological polar surface area (TPSA) is 168 Å². The van der Waals surface area contributed by atoms with Crippen molar-refractivity contribution in [2.45, 2.75) is 0 Å². The molecule has 0 heterocycles. The third-order valence-corrected chi connectivity index (χ3v) is 1.58. The minimum absolute atomic E-state index is 0.573. The predicted molar refractivity (Wildman–Crippen MR) is 102 cm³/mol. The number of ether oxygens (including phenoxy) is 2. The lowest BCUT2D eigenvalue weighted by atomic mass is 10.3. The summed E-state index contributed by atoms with van der Waals surface area (Å²) >= 11 is 0. The van der Waals surface area contributed by atoms with Gasteiger partial charge in [-0.25, -0.2) is 0 Å². The van der Waals surface area contributed by atoms with Crippen molar-refractivity contribution in [3.8, 4) is 5.75 Å². The Morgan fingerprint density at radius 2 is 1.07 bits per heavy atom. The van der Waals surface area contributed by atoms with E-state index in [1.54, 1.807) is 18.2 Å². The Kier molecular flexibility index (Phi) is 20.6. The van der Waals surface area contributed by atoms with Crippen LogP contribution in [0.15, 0.2) is 68.3 Å². The number of hydrogen-bond donors (Lipinski definition) is 4. The molecule has 0 saturated carbocycles. The number of para-hydroxylation sites is 1. The van der Waals surface area contributed by atoms with E-state index in [9.17, 15) is 0 Å². The molecule has 1 aromatic rings. The molecule has 0 aliphatic rings. The van der Waals surface area contributed by atoms with Crippen LogP contribution in [0.5, 0.6) is 5.75 Å². The highest BCUT2D eigenvalue weighted by molar-refractivity contribution is 7.80. The van der Waals surface area contributed by atoms with Gasteiger partial charge < -0.3 is 9.47 Å². The van der Waals surface area contributed by atoms with Crippen LogP contribution in [0.4, 0.5) is 0 Å². The summed E-state index contributed by atoms with van der Waals surface area (Å²) in [6.45, 7) is 12.3. The summed E-state index contributed by atoms with van der Waals surface area (Å²) in [7, 11) is -9.33. The number of rotatable bonds is 7. The van der Waals surface area contributed by atoms with Gasteiger partial charge in [-0.3, -0.25) is 18.2 Å². The lowest BCUT2D eigenvalue weighted by Gasteiger charge is -1.99. The molecular weight excluding hydrogens is 404 g/mol.